The molecule has 0 aromatic carbocycles. The van der Waals surface area contributed by atoms with Gasteiger partial charge in [-0.05, 0) is 17.4 Å². The van der Waals surface area contributed by atoms with Gasteiger partial charge in [-0.2, -0.15) is 5.10 Å². The van der Waals surface area contributed by atoms with Crippen LogP contribution in [-0.4, -0.2) is 39.6 Å². The molecule has 2 aromatic rings. The molecule has 0 fully saturated rings. The standard InChI is InChI=1S/C19H28N4O2S/c1-13(2)11-23(18(25)14-8-7-9-26-14)12-17(24)20-16-10-15(19(3,4)5)21-22(16)6/h7-10,13H,11-12H2,1-6H3,(H,20,24). The third kappa shape index (κ3) is 5.17. The molecule has 6 nitrogen and oxygen atoms in total. The Hall–Kier alpha value is -2.15. The first-order valence-corrected chi connectivity index (χ1v) is 9.63. The molecular formula is C19H28N4O2S. The van der Waals surface area contributed by atoms with E-state index in [4.69, 9.17) is 0 Å². The van der Waals surface area contributed by atoms with E-state index in [9.17, 15) is 9.59 Å². The van der Waals surface area contributed by atoms with E-state index in [0.717, 1.165) is 5.69 Å². The highest BCUT2D eigenvalue weighted by Crippen LogP contribution is 2.23. The number of aryl methyl sites for hydroxylation is 1. The van der Waals surface area contributed by atoms with Crippen molar-refractivity contribution in [3.05, 3.63) is 34.2 Å². The van der Waals surface area contributed by atoms with E-state index in [0.29, 0.717) is 17.2 Å². The van der Waals surface area contributed by atoms with Crippen molar-refractivity contribution in [1.82, 2.24) is 14.7 Å². The number of nitrogens with one attached hydrogen (secondary N) is 1. The molecule has 0 saturated heterocycles. The van der Waals surface area contributed by atoms with Crippen LogP contribution in [-0.2, 0) is 17.3 Å². The lowest BCUT2D eigenvalue weighted by atomic mass is 9.92. The van der Waals surface area contributed by atoms with Gasteiger partial charge in [-0.3, -0.25) is 14.3 Å². The summed E-state index contributed by atoms with van der Waals surface area (Å²) in [5, 5.41) is 9.20. The van der Waals surface area contributed by atoms with Gasteiger partial charge < -0.3 is 10.2 Å². The number of thiophene rings is 1. The fraction of sp³-hybridized carbons (Fsp3) is 0.526. The molecular weight excluding hydrogens is 348 g/mol. The van der Waals surface area contributed by atoms with Crippen molar-refractivity contribution in [2.24, 2.45) is 13.0 Å². The Morgan fingerprint density at radius 1 is 1.35 bits per heavy atom. The molecule has 2 aromatic heterocycles. The van der Waals surface area contributed by atoms with E-state index in [2.05, 4.69) is 31.2 Å². The van der Waals surface area contributed by atoms with Crippen LogP contribution in [0.2, 0.25) is 0 Å². The highest BCUT2D eigenvalue weighted by atomic mass is 32.1. The maximum atomic E-state index is 12.7. The summed E-state index contributed by atoms with van der Waals surface area (Å²) in [7, 11) is 1.80. The van der Waals surface area contributed by atoms with Gasteiger partial charge in [-0.15, -0.1) is 11.3 Å². The molecule has 0 aliphatic rings. The number of carbonyl (C=O) groups is 2. The van der Waals surface area contributed by atoms with E-state index in [-0.39, 0.29) is 29.7 Å². The summed E-state index contributed by atoms with van der Waals surface area (Å²) < 4.78 is 1.66. The van der Waals surface area contributed by atoms with Crippen LogP contribution < -0.4 is 5.32 Å². The monoisotopic (exact) mass is 376 g/mol. The second-order valence-electron chi connectivity index (χ2n) is 7.89. The second kappa shape index (κ2) is 8.03. The molecule has 1 N–H and O–H groups in total. The molecule has 0 spiro atoms. The molecule has 26 heavy (non-hydrogen) atoms. The van der Waals surface area contributed by atoms with Crippen LogP contribution in [0.5, 0.6) is 0 Å². The van der Waals surface area contributed by atoms with Gasteiger partial charge in [0.05, 0.1) is 10.6 Å². The Labute approximate surface area is 159 Å². The Morgan fingerprint density at radius 3 is 2.54 bits per heavy atom. The van der Waals surface area contributed by atoms with Gasteiger partial charge in [0.1, 0.15) is 12.4 Å². The van der Waals surface area contributed by atoms with E-state index >= 15 is 0 Å². The van der Waals surface area contributed by atoms with Crippen molar-refractivity contribution in [3.8, 4) is 0 Å². The molecule has 0 aliphatic carbocycles. The number of hydrogen-bond donors (Lipinski definition) is 1. The molecule has 7 heteroatoms. The SMILES string of the molecule is CC(C)CN(CC(=O)Nc1cc(C(C)(C)C)nn1C)C(=O)c1cccs1. The number of anilines is 1. The summed E-state index contributed by atoms with van der Waals surface area (Å²) in [5.74, 6) is 0.576. The Morgan fingerprint density at radius 2 is 2.04 bits per heavy atom. The summed E-state index contributed by atoms with van der Waals surface area (Å²) in [6.45, 7) is 10.8. The van der Waals surface area contributed by atoms with Crippen LogP contribution in [0, 0.1) is 5.92 Å². The van der Waals surface area contributed by atoms with Gasteiger partial charge in [0.25, 0.3) is 5.91 Å². The average Bonchev–Trinajstić information content (AvgIpc) is 3.15. The quantitative estimate of drug-likeness (QED) is 0.839. The highest BCUT2D eigenvalue weighted by Gasteiger charge is 2.23. The summed E-state index contributed by atoms with van der Waals surface area (Å²) in [6, 6.07) is 5.51. The van der Waals surface area contributed by atoms with Crippen molar-refractivity contribution in [3.63, 3.8) is 0 Å². The molecule has 0 radical (unpaired) electrons. The fourth-order valence-corrected chi connectivity index (χ4v) is 3.21. The maximum absolute atomic E-state index is 12.7. The van der Waals surface area contributed by atoms with Crippen LogP contribution in [0.3, 0.4) is 0 Å². The average molecular weight is 377 g/mol. The highest BCUT2D eigenvalue weighted by molar-refractivity contribution is 7.12. The number of nitrogens with zero attached hydrogens (tertiary/aromatic N) is 3. The zero-order valence-electron chi connectivity index (χ0n) is 16.4. The van der Waals surface area contributed by atoms with Crippen molar-refractivity contribution >= 4 is 29.0 Å². The number of hydrogen-bond acceptors (Lipinski definition) is 4. The van der Waals surface area contributed by atoms with Gasteiger partial charge in [0.15, 0.2) is 0 Å². The van der Waals surface area contributed by atoms with Crippen LogP contribution >= 0.6 is 11.3 Å². The predicted octanol–water partition coefficient (Wildman–Crippen LogP) is 3.52. The van der Waals surface area contributed by atoms with E-state index in [1.807, 2.05) is 31.4 Å². The van der Waals surface area contributed by atoms with Crippen LogP contribution in [0.4, 0.5) is 5.82 Å². The molecule has 0 unspecified atom stereocenters. The first-order chi connectivity index (χ1) is 12.1. The molecule has 142 valence electrons. The van der Waals surface area contributed by atoms with E-state index in [1.54, 1.807) is 22.7 Å². The molecule has 0 bridgehead atoms. The lowest BCUT2D eigenvalue weighted by Gasteiger charge is -2.23. The smallest absolute Gasteiger partial charge is 0.264 e. The van der Waals surface area contributed by atoms with Crippen molar-refractivity contribution < 1.29 is 9.59 Å². The predicted molar refractivity (Wildman–Crippen MR) is 106 cm³/mol. The van der Waals surface area contributed by atoms with Crippen LogP contribution in [0.25, 0.3) is 0 Å². The van der Waals surface area contributed by atoms with Crippen molar-refractivity contribution in [2.45, 2.75) is 40.0 Å². The van der Waals surface area contributed by atoms with Crippen molar-refractivity contribution in [2.75, 3.05) is 18.4 Å². The Kier molecular flexibility index (Phi) is 6.23. The molecule has 2 amide bonds. The molecule has 2 heterocycles. The van der Waals surface area contributed by atoms with Gasteiger partial charge in [-0.25, -0.2) is 0 Å². The third-order valence-electron chi connectivity index (χ3n) is 3.85. The third-order valence-corrected chi connectivity index (χ3v) is 4.71. The van der Waals surface area contributed by atoms with Crippen molar-refractivity contribution in [1.29, 1.82) is 0 Å². The minimum Gasteiger partial charge on any atom is -0.328 e. The maximum Gasteiger partial charge on any atom is 0.264 e. The van der Waals surface area contributed by atoms with Crippen LogP contribution in [0.1, 0.15) is 50.0 Å². The van der Waals surface area contributed by atoms with Gasteiger partial charge in [0.2, 0.25) is 5.91 Å². The number of rotatable bonds is 6. The summed E-state index contributed by atoms with van der Waals surface area (Å²) >= 11 is 1.39. The fourth-order valence-electron chi connectivity index (χ4n) is 2.52. The molecule has 2 rings (SSSR count). The minimum atomic E-state index is -0.223. The topological polar surface area (TPSA) is 67.2 Å². The number of carbonyl (C=O) groups excluding carboxylic acids is 2. The summed E-state index contributed by atoms with van der Waals surface area (Å²) in [5.41, 5.74) is 0.809. The first-order valence-electron chi connectivity index (χ1n) is 8.75. The Balaban J connectivity index is 2.10. The molecule has 0 saturated carbocycles. The van der Waals surface area contributed by atoms with Crippen LogP contribution in [0.15, 0.2) is 23.6 Å². The molecule has 0 aliphatic heterocycles. The van der Waals surface area contributed by atoms with E-state index in [1.165, 1.54) is 11.3 Å². The Bertz CT molecular complexity index is 757. The number of aromatic nitrogens is 2. The normalized spacial score (nSPS) is 11.7. The largest absolute Gasteiger partial charge is 0.328 e. The van der Waals surface area contributed by atoms with Gasteiger partial charge in [-0.1, -0.05) is 40.7 Å². The lowest BCUT2D eigenvalue weighted by Crippen LogP contribution is -2.40. The van der Waals surface area contributed by atoms with Gasteiger partial charge in [0, 0.05) is 25.1 Å². The minimum absolute atomic E-state index is 0.0188. The van der Waals surface area contributed by atoms with E-state index < -0.39 is 0 Å². The first kappa shape index (κ1) is 20.2. The summed E-state index contributed by atoms with van der Waals surface area (Å²) in [4.78, 5) is 27.5. The zero-order chi connectivity index (χ0) is 19.5. The zero-order valence-corrected chi connectivity index (χ0v) is 17.2. The summed E-state index contributed by atoms with van der Waals surface area (Å²) in [6.07, 6.45) is 0. The van der Waals surface area contributed by atoms with Gasteiger partial charge >= 0.3 is 0 Å². The molecule has 0 atom stereocenters. The second-order valence-corrected chi connectivity index (χ2v) is 8.84. The number of amides is 2. The lowest BCUT2D eigenvalue weighted by molar-refractivity contribution is -0.117.